The Kier molecular flexibility index (Phi) is 4.24. The van der Waals surface area contributed by atoms with E-state index in [1.165, 1.54) is 10.5 Å². The summed E-state index contributed by atoms with van der Waals surface area (Å²) in [4.78, 5) is 8.97. The summed E-state index contributed by atoms with van der Waals surface area (Å²) in [6.07, 6.45) is 1.82. The molecule has 21 heavy (non-hydrogen) atoms. The molecule has 2 heterocycles. The molecule has 5 heteroatoms. The molecule has 0 saturated heterocycles. The van der Waals surface area contributed by atoms with Crippen LogP contribution in [0.4, 0.5) is 5.82 Å². The van der Waals surface area contributed by atoms with Gasteiger partial charge in [-0.15, -0.1) is 0 Å². The second-order valence-electron chi connectivity index (χ2n) is 4.90. The van der Waals surface area contributed by atoms with Crippen LogP contribution in [0.2, 0.25) is 0 Å². The molecule has 2 N–H and O–H groups in total. The molecule has 1 atom stereocenters. The highest BCUT2D eigenvalue weighted by molar-refractivity contribution is 8.03. The van der Waals surface area contributed by atoms with E-state index in [4.69, 9.17) is 5.73 Å². The number of anilines is 1. The lowest BCUT2D eigenvalue weighted by Gasteiger charge is -2.25. The first-order valence-corrected chi connectivity index (χ1v) is 8.47. The van der Waals surface area contributed by atoms with Crippen molar-refractivity contribution in [2.75, 3.05) is 4.90 Å². The third-order valence-electron chi connectivity index (χ3n) is 3.21. The SMILES string of the molecule is CC1=CSC(N)N1c1ncccc1Sc1cccc(C)c1. The summed E-state index contributed by atoms with van der Waals surface area (Å²) in [5, 5.41) is 2.08. The van der Waals surface area contributed by atoms with Gasteiger partial charge in [-0.05, 0) is 43.5 Å². The van der Waals surface area contributed by atoms with E-state index in [2.05, 4.69) is 59.5 Å². The fraction of sp³-hybridized carbons (Fsp3) is 0.188. The van der Waals surface area contributed by atoms with Gasteiger partial charge in [-0.25, -0.2) is 4.98 Å². The molecule has 3 nitrogen and oxygen atoms in total. The monoisotopic (exact) mass is 315 g/mol. The highest BCUT2D eigenvalue weighted by atomic mass is 32.2. The molecule has 108 valence electrons. The Bertz CT molecular complexity index is 685. The number of rotatable bonds is 3. The van der Waals surface area contributed by atoms with Gasteiger partial charge in [0.1, 0.15) is 11.3 Å². The number of allylic oxidation sites excluding steroid dienone is 1. The van der Waals surface area contributed by atoms with E-state index >= 15 is 0 Å². The van der Waals surface area contributed by atoms with E-state index < -0.39 is 0 Å². The van der Waals surface area contributed by atoms with Gasteiger partial charge in [-0.2, -0.15) is 0 Å². The molecule has 0 bridgehead atoms. The average Bonchev–Trinajstić information content (AvgIpc) is 2.79. The normalized spacial score (nSPS) is 18.0. The van der Waals surface area contributed by atoms with Crippen molar-refractivity contribution in [3.63, 3.8) is 0 Å². The smallest absolute Gasteiger partial charge is 0.148 e. The fourth-order valence-electron chi connectivity index (χ4n) is 2.22. The Balaban J connectivity index is 1.95. The molecule has 0 radical (unpaired) electrons. The number of aryl methyl sites for hydroxylation is 1. The Hall–Kier alpha value is -1.43. The molecule has 1 aromatic heterocycles. The van der Waals surface area contributed by atoms with Gasteiger partial charge in [-0.1, -0.05) is 41.2 Å². The molecule has 0 aliphatic carbocycles. The Labute approximate surface area is 133 Å². The second kappa shape index (κ2) is 6.13. The highest BCUT2D eigenvalue weighted by Gasteiger charge is 2.25. The highest BCUT2D eigenvalue weighted by Crippen LogP contribution is 2.39. The first-order chi connectivity index (χ1) is 10.1. The molecule has 2 aromatic rings. The van der Waals surface area contributed by atoms with Gasteiger partial charge in [0.15, 0.2) is 0 Å². The standard InChI is InChI=1S/C16H17N3S2/c1-11-5-3-6-13(9-11)21-14-7-4-8-18-15(14)19-12(2)10-20-16(19)17/h3-10,16H,17H2,1-2H3. The van der Waals surface area contributed by atoms with Gasteiger partial charge in [0, 0.05) is 16.8 Å². The van der Waals surface area contributed by atoms with Gasteiger partial charge >= 0.3 is 0 Å². The summed E-state index contributed by atoms with van der Waals surface area (Å²) >= 11 is 3.34. The zero-order chi connectivity index (χ0) is 14.8. The minimum absolute atomic E-state index is 0.100. The first kappa shape index (κ1) is 14.5. The summed E-state index contributed by atoms with van der Waals surface area (Å²) in [7, 11) is 0. The minimum atomic E-state index is -0.100. The van der Waals surface area contributed by atoms with E-state index in [1.807, 2.05) is 12.3 Å². The van der Waals surface area contributed by atoms with Crippen molar-refractivity contribution in [3.8, 4) is 0 Å². The predicted molar refractivity (Wildman–Crippen MR) is 91.3 cm³/mol. The zero-order valence-corrected chi connectivity index (χ0v) is 13.6. The number of benzene rings is 1. The summed E-state index contributed by atoms with van der Waals surface area (Å²) < 4.78 is 0. The average molecular weight is 315 g/mol. The van der Waals surface area contributed by atoms with Crippen LogP contribution >= 0.6 is 23.5 Å². The third-order valence-corrected chi connectivity index (χ3v) is 5.20. The van der Waals surface area contributed by atoms with Gasteiger partial charge < -0.3 is 10.6 Å². The zero-order valence-electron chi connectivity index (χ0n) is 12.0. The van der Waals surface area contributed by atoms with Gasteiger partial charge in [0.2, 0.25) is 0 Å². The Morgan fingerprint density at radius 2 is 2.10 bits per heavy atom. The van der Waals surface area contributed by atoms with Crippen LogP contribution in [0.3, 0.4) is 0 Å². The number of hydrogen-bond acceptors (Lipinski definition) is 5. The largest absolute Gasteiger partial charge is 0.303 e. The van der Waals surface area contributed by atoms with Crippen LogP contribution in [0.1, 0.15) is 12.5 Å². The van der Waals surface area contributed by atoms with Crippen LogP contribution in [0.5, 0.6) is 0 Å². The van der Waals surface area contributed by atoms with Crippen molar-refractivity contribution in [2.45, 2.75) is 29.1 Å². The van der Waals surface area contributed by atoms with Gasteiger partial charge in [0.25, 0.3) is 0 Å². The molecule has 0 spiro atoms. The number of nitrogens with two attached hydrogens (primary N) is 1. The number of thioether (sulfide) groups is 1. The maximum atomic E-state index is 6.18. The van der Waals surface area contributed by atoms with Crippen LogP contribution in [-0.4, -0.2) is 10.5 Å². The molecule has 1 aliphatic heterocycles. The Morgan fingerprint density at radius 1 is 1.24 bits per heavy atom. The van der Waals surface area contributed by atoms with E-state index in [0.29, 0.717) is 0 Å². The number of nitrogens with zero attached hydrogens (tertiary/aromatic N) is 2. The van der Waals surface area contributed by atoms with Crippen molar-refractivity contribution in [2.24, 2.45) is 5.73 Å². The van der Waals surface area contributed by atoms with Crippen LogP contribution < -0.4 is 10.6 Å². The van der Waals surface area contributed by atoms with E-state index in [9.17, 15) is 0 Å². The topological polar surface area (TPSA) is 42.1 Å². The maximum absolute atomic E-state index is 6.18. The number of hydrogen-bond donors (Lipinski definition) is 1. The van der Waals surface area contributed by atoms with Crippen molar-refractivity contribution in [3.05, 3.63) is 59.3 Å². The van der Waals surface area contributed by atoms with E-state index in [1.54, 1.807) is 23.5 Å². The van der Waals surface area contributed by atoms with Crippen molar-refractivity contribution in [1.29, 1.82) is 0 Å². The predicted octanol–water partition coefficient (Wildman–Crippen LogP) is 4.20. The Morgan fingerprint density at radius 3 is 2.81 bits per heavy atom. The number of aromatic nitrogens is 1. The van der Waals surface area contributed by atoms with Gasteiger partial charge in [0.05, 0.1) is 4.90 Å². The molecule has 1 aliphatic rings. The summed E-state index contributed by atoms with van der Waals surface area (Å²) in [5.74, 6) is 0.926. The molecular formula is C16H17N3S2. The van der Waals surface area contributed by atoms with Crippen molar-refractivity contribution in [1.82, 2.24) is 4.98 Å². The lowest BCUT2D eigenvalue weighted by atomic mass is 10.2. The summed E-state index contributed by atoms with van der Waals surface area (Å²) in [6, 6.07) is 12.6. The van der Waals surface area contributed by atoms with Crippen molar-refractivity contribution < 1.29 is 0 Å². The molecule has 3 rings (SSSR count). The summed E-state index contributed by atoms with van der Waals surface area (Å²) in [6.45, 7) is 4.17. The fourth-order valence-corrected chi connectivity index (χ4v) is 4.09. The van der Waals surface area contributed by atoms with Crippen LogP contribution in [-0.2, 0) is 0 Å². The van der Waals surface area contributed by atoms with Gasteiger partial charge in [-0.3, -0.25) is 0 Å². The minimum Gasteiger partial charge on any atom is -0.303 e. The molecule has 0 amide bonds. The molecule has 0 fully saturated rings. The molecule has 0 saturated carbocycles. The van der Waals surface area contributed by atoms with E-state index in [-0.39, 0.29) is 5.50 Å². The first-order valence-electron chi connectivity index (χ1n) is 6.72. The lowest BCUT2D eigenvalue weighted by molar-refractivity contribution is 0.852. The number of pyridine rings is 1. The lowest BCUT2D eigenvalue weighted by Crippen LogP contribution is -2.35. The van der Waals surface area contributed by atoms with Crippen LogP contribution in [0, 0.1) is 6.92 Å². The van der Waals surface area contributed by atoms with Crippen molar-refractivity contribution >= 4 is 29.3 Å². The molecule has 1 aromatic carbocycles. The third kappa shape index (κ3) is 3.10. The van der Waals surface area contributed by atoms with Crippen LogP contribution in [0.25, 0.3) is 0 Å². The van der Waals surface area contributed by atoms with Crippen LogP contribution in [0.15, 0.2) is 63.5 Å². The maximum Gasteiger partial charge on any atom is 0.148 e. The summed E-state index contributed by atoms with van der Waals surface area (Å²) in [5.41, 5.74) is 8.47. The quantitative estimate of drug-likeness (QED) is 0.919. The molecular weight excluding hydrogens is 298 g/mol. The van der Waals surface area contributed by atoms with E-state index in [0.717, 1.165) is 16.4 Å². The second-order valence-corrected chi connectivity index (χ2v) is 7.01. The molecule has 1 unspecified atom stereocenters.